The highest BCUT2D eigenvalue weighted by atomic mass is 16.5. The monoisotopic (exact) mass is 262 g/mol. The fourth-order valence-electron chi connectivity index (χ4n) is 2.20. The predicted molar refractivity (Wildman–Crippen MR) is 75.1 cm³/mol. The first-order chi connectivity index (χ1) is 9.19. The van der Waals surface area contributed by atoms with E-state index in [0.29, 0.717) is 5.75 Å². The second-order valence-electron chi connectivity index (χ2n) is 4.76. The Morgan fingerprint density at radius 2 is 1.79 bits per heavy atom. The van der Waals surface area contributed by atoms with E-state index < -0.39 is 0 Å². The van der Waals surface area contributed by atoms with E-state index in [-0.39, 0.29) is 11.9 Å². The molecule has 104 valence electrons. The fourth-order valence-corrected chi connectivity index (χ4v) is 2.20. The minimum absolute atomic E-state index is 0.0472. The molecule has 0 heterocycles. The predicted octanol–water partition coefficient (Wildman–Crippen LogP) is 3.69. The maximum atomic E-state index is 11.9. The molecule has 1 saturated carbocycles. The molecule has 0 aromatic heterocycles. The summed E-state index contributed by atoms with van der Waals surface area (Å²) >= 11 is 0. The smallest absolute Gasteiger partial charge is 0.314 e. The van der Waals surface area contributed by atoms with Crippen molar-refractivity contribution >= 4 is 12.3 Å². The lowest BCUT2D eigenvalue weighted by Crippen LogP contribution is -2.22. The molecular formula is C16H22O3. The molecule has 1 aromatic rings. The summed E-state index contributed by atoms with van der Waals surface area (Å²) in [6.45, 7) is 3.41. The van der Waals surface area contributed by atoms with Crippen molar-refractivity contribution in [1.29, 1.82) is 0 Å². The molecule has 3 heteroatoms. The number of carbonyl (C=O) groups excluding carboxylic acids is 2. The number of esters is 1. The first-order valence-corrected chi connectivity index (χ1v) is 6.86. The van der Waals surface area contributed by atoms with Gasteiger partial charge in [-0.25, -0.2) is 0 Å². The summed E-state index contributed by atoms with van der Waals surface area (Å²) in [5, 5.41) is 0. The highest BCUT2D eigenvalue weighted by Crippen LogP contribution is 2.26. The highest BCUT2D eigenvalue weighted by Gasteiger charge is 2.23. The third-order valence-electron chi connectivity index (χ3n) is 3.24. The van der Waals surface area contributed by atoms with E-state index in [9.17, 15) is 4.79 Å². The summed E-state index contributed by atoms with van der Waals surface area (Å²) < 4.78 is 5.45. The first kappa shape index (κ1) is 15.4. The number of hydrogen-bond acceptors (Lipinski definition) is 3. The molecule has 2 rings (SSSR count). The molecule has 0 spiro atoms. The van der Waals surface area contributed by atoms with Crippen LogP contribution in [0, 0.1) is 12.8 Å². The van der Waals surface area contributed by atoms with Crippen molar-refractivity contribution in [3.8, 4) is 5.75 Å². The number of para-hydroxylation sites is 1. The average molecular weight is 262 g/mol. The van der Waals surface area contributed by atoms with Gasteiger partial charge in [0.05, 0.1) is 5.92 Å². The van der Waals surface area contributed by atoms with Crippen LogP contribution in [0.2, 0.25) is 0 Å². The minimum atomic E-state index is -0.0472. The van der Waals surface area contributed by atoms with Crippen LogP contribution in [-0.2, 0) is 9.59 Å². The van der Waals surface area contributed by atoms with Crippen LogP contribution in [0.5, 0.6) is 5.75 Å². The molecule has 1 aromatic carbocycles. The number of carbonyl (C=O) groups is 2. The molecule has 0 amide bonds. The van der Waals surface area contributed by atoms with E-state index in [1.165, 1.54) is 13.3 Å². The van der Waals surface area contributed by atoms with Gasteiger partial charge in [-0.2, -0.15) is 0 Å². The molecule has 3 nitrogen and oxygen atoms in total. The van der Waals surface area contributed by atoms with Gasteiger partial charge in [-0.1, -0.05) is 37.5 Å². The summed E-state index contributed by atoms with van der Waals surface area (Å²) in [6, 6.07) is 7.67. The van der Waals surface area contributed by atoms with Crippen molar-refractivity contribution in [3.05, 3.63) is 29.8 Å². The number of benzene rings is 1. The third kappa shape index (κ3) is 5.25. The Morgan fingerprint density at radius 3 is 2.37 bits per heavy atom. The zero-order valence-electron chi connectivity index (χ0n) is 11.7. The van der Waals surface area contributed by atoms with Crippen LogP contribution in [0.4, 0.5) is 0 Å². The number of ether oxygens (including phenoxy) is 1. The van der Waals surface area contributed by atoms with E-state index in [2.05, 4.69) is 0 Å². The molecule has 19 heavy (non-hydrogen) atoms. The van der Waals surface area contributed by atoms with Gasteiger partial charge in [0.25, 0.3) is 0 Å². The lowest BCUT2D eigenvalue weighted by Gasteiger charge is -2.20. The highest BCUT2D eigenvalue weighted by molar-refractivity contribution is 5.75. The Balaban J connectivity index is 0.000000550. The van der Waals surface area contributed by atoms with Crippen LogP contribution >= 0.6 is 0 Å². The van der Waals surface area contributed by atoms with Gasteiger partial charge < -0.3 is 9.53 Å². The Hall–Kier alpha value is -1.64. The number of rotatable bonds is 2. The Kier molecular flexibility index (Phi) is 6.86. The van der Waals surface area contributed by atoms with Gasteiger partial charge in [-0.3, -0.25) is 4.79 Å². The fraction of sp³-hybridized carbons (Fsp3) is 0.500. The molecule has 0 saturated heterocycles. The van der Waals surface area contributed by atoms with Gasteiger partial charge in [-0.05, 0) is 38.3 Å². The van der Waals surface area contributed by atoms with Crippen molar-refractivity contribution in [3.63, 3.8) is 0 Å². The topological polar surface area (TPSA) is 43.4 Å². The molecule has 0 radical (unpaired) electrons. The lowest BCUT2D eigenvalue weighted by molar-refractivity contribution is -0.140. The molecule has 0 bridgehead atoms. The van der Waals surface area contributed by atoms with Gasteiger partial charge >= 0.3 is 5.97 Å². The maximum Gasteiger partial charge on any atom is 0.314 e. The largest absolute Gasteiger partial charge is 0.426 e. The first-order valence-electron chi connectivity index (χ1n) is 6.86. The summed E-state index contributed by atoms with van der Waals surface area (Å²) in [4.78, 5) is 20.7. The summed E-state index contributed by atoms with van der Waals surface area (Å²) in [6.07, 6.45) is 6.31. The van der Waals surface area contributed by atoms with Crippen LogP contribution in [0.3, 0.4) is 0 Å². The summed E-state index contributed by atoms with van der Waals surface area (Å²) in [5.41, 5.74) is 1.02. The number of aldehydes is 1. The van der Waals surface area contributed by atoms with Gasteiger partial charge in [0.15, 0.2) is 0 Å². The number of aryl methyl sites for hydroxylation is 1. The number of hydrogen-bond donors (Lipinski definition) is 0. The lowest BCUT2D eigenvalue weighted by atomic mass is 9.89. The van der Waals surface area contributed by atoms with E-state index in [0.717, 1.165) is 37.5 Å². The van der Waals surface area contributed by atoms with Crippen molar-refractivity contribution in [2.24, 2.45) is 5.92 Å². The molecular weight excluding hydrogens is 240 g/mol. The van der Waals surface area contributed by atoms with Crippen molar-refractivity contribution in [2.45, 2.75) is 46.0 Å². The second-order valence-corrected chi connectivity index (χ2v) is 4.76. The van der Waals surface area contributed by atoms with Crippen LogP contribution in [0.15, 0.2) is 24.3 Å². The van der Waals surface area contributed by atoms with Crippen molar-refractivity contribution in [1.82, 2.24) is 0 Å². The summed E-state index contributed by atoms with van der Waals surface area (Å²) in [5.74, 6) is 0.778. The molecule has 1 aliphatic rings. The van der Waals surface area contributed by atoms with E-state index in [4.69, 9.17) is 9.53 Å². The van der Waals surface area contributed by atoms with Crippen molar-refractivity contribution < 1.29 is 14.3 Å². The van der Waals surface area contributed by atoms with Crippen LogP contribution in [-0.4, -0.2) is 12.3 Å². The Bertz CT molecular complexity index is 406. The van der Waals surface area contributed by atoms with Crippen LogP contribution in [0.25, 0.3) is 0 Å². The second kappa shape index (κ2) is 8.46. The Labute approximate surface area is 115 Å². The van der Waals surface area contributed by atoms with Gasteiger partial charge in [0.2, 0.25) is 0 Å². The Morgan fingerprint density at radius 1 is 1.21 bits per heavy atom. The van der Waals surface area contributed by atoms with E-state index >= 15 is 0 Å². The van der Waals surface area contributed by atoms with Gasteiger partial charge in [-0.15, -0.1) is 0 Å². The molecule has 0 atom stereocenters. The van der Waals surface area contributed by atoms with E-state index in [1.807, 2.05) is 31.2 Å². The zero-order valence-corrected chi connectivity index (χ0v) is 11.7. The molecule has 0 unspecified atom stereocenters. The summed E-state index contributed by atoms with van der Waals surface area (Å²) in [7, 11) is 0. The minimum Gasteiger partial charge on any atom is -0.426 e. The SMILES string of the molecule is CC=O.Cc1ccccc1OC(=O)C1CCCCC1. The van der Waals surface area contributed by atoms with Crippen LogP contribution in [0.1, 0.15) is 44.6 Å². The molecule has 1 fully saturated rings. The van der Waals surface area contributed by atoms with Crippen molar-refractivity contribution in [2.75, 3.05) is 0 Å². The molecule has 1 aliphatic carbocycles. The third-order valence-corrected chi connectivity index (χ3v) is 3.24. The molecule has 0 aliphatic heterocycles. The van der Waals surface area contributed by atoms with Gasteiger partial charge in [0.1, 0.15) is 12.0 Å². The average Bonchev–Trinajstić information content (AvgIpc) is 2.43. The normalized spacial score (nSPS) is 15.1. The van der Waals surface area contributed by atoms with E-state index in [1.54, 1.807) is 0 Å². The maximum absolute atomic E-state index is 11.9. The van der Waals surface area contributed by atoms with Crippen LogP contribution < -0.4 is 4.74 Å². The van der Waals surface area contributed by atoms with Gasteiger partial charge in [0, 0.05) is 0 Å². The molecule has 0 N–H and O–H groups in total. The standard InChI is InChI=1S/C14H18O2.C2H4O/c1-11-7-5-6-10-13(11)16-14(15)12-8-3-2-4-9-12;1-2-3/h5-7,10,12H,2-4,8-9H2,1H3;2H,1H3. The zero-order chi connectivity index (χ0) is 14.1. The quantitative estimate of drug-likeness (QED) is 0.464.